The van der Waals surface area contributed by atoms with Gasteiger partial charge >= 0.3 is 0 Å². The number of benzene rings is 1. The summed E-state index contributed by atoms with van der Waals surface area (Å²) in [6.45, 7) is 6.00. The van der Waals surface area contributed by atoms with Gasteiger partial charge < -0.3 is 4.57 Å². The number of aromatic nitrogens is 1. The molecule has 0 spiro atoms. The summed E-state index contributed by atoms with van der Waals surface area (Å²) in [6.07, 6.45) is 7.68. The molecule has 170 valence electrons. The van der Waals surface area contributed by atoms with Crippen molar-refractivity contribution in [2.75, 3.05) is 0 Å². The van der Waals surface area contributed by atoms with Crippen molar-refractivity contribution in [2.45, 2.75) is 52.9 Å². The van der Waals surface area contributed by atoms with E-state index in [0.29, 0.717) is 16.1 Å². The second kappa shape index (κ2) is 8.61. The lowest BCUT2D eigenvalue weighted by molar-refractivity contribution is -0.114. The normalized spacial score (nSPS) is 20.4. The molecule has 8 heteroatoms. The number of aryl methyl sites for hydroxylation is 2. The summed E-state index contributed by atoms with van der Waals surface area (Å²) in [7, 11) is 0. The van der Waals surface area contributed by atoms with E-state index >= 15 is 0 Å². The molecule has 0 bridgehead atoms. The molecule has 3 aliphatic rings. The first-order valence-electron chi connectivity index (χ1n) is 11.3. The largest absolute Gasteiger partial charge is 0.318 e. The molecule has 1 fully saturated rings. The monoisotopic (exact) mass is 479 g/mol. The molecule has 2 aliphatic heterocycles. The highest BCUT2D eigenvalue weighted by Gasteiger charge is 2.38. The van der Waals surface area contributed by atoms with Crippen LogP contribution in [0.15, 0.2) is 39.9 Å². The Balaban J connectivity index is 1.48. The Morgan fingerprint density at radius 1 is 1.15 bits per heavy atom. The molecular weight excluding hydrogens is 454 g/mol. The SMILES string of the molecule is Cc1ccc(-n2c(C)cc(/C=C3\C(=N)N4N=C(C5CCCCC5)SC4=NC3=O)c2C)cc1Cl. The van der Waals surface area contributed by atoms with Gasteiger partial charge in [0.05, 0.1) is 5.57 Å². The van der Waals surface area contributed by atoms with Crippen LogP contribution in [-0.2, 0) is 4.79 Å². The van der Waals surface area contributed by atoms with Crippen LogP contribution in [0.3, 0.4) is 0 Å². The van der Waals surface area contributed by atoms with Crippen LogP contribution in [0, 0.1) is 32.1 Å². The summed E-state index contributed by atoms with van der Waals surface area (Å²) < 4.78 is 2.11. The molecule has 0 unspecified atom stereocenters. The number of carbonyl (C=O) groups excluding carboxylic acids is 1. The molecule has 1 N–H and O–H groups in total. The molecule has 1 aliphatic carbocycles. The van der Waals surface area contributed by atoms with Gasteiger partial charge in [-0.3, -0.25) is 10.2 Å². The number of hydrogen-bond acceptors (Lipinski definition) is 4. The molecule has 0 saturated heterocycles. The van der Waals surface area contributed by atoms with Crippen LogP contribution >= 0.6 is 23.4 Å². The van der Waals surface area contributed by atoms with Crippen molar-refractivity contribution < 1.29 is 4.79 Å². The number of hydrazone groups is 1. The summed E-state index contributed by atoms with van der Waals surface area (Å²) in [5.41, 5.74) is 5.12. The van der Waals surface area contributed by atoms with Crippen LogP contribution in [-0.4, -0.2) is 31.5 Å². The first-order valence-corrected chi connectivity index (χ1v) is 12.5. The fourth-order valence-electron chi connectivity index (χ4n) is 4.73. The predicted octanol–water partition coefficient (Wildman–Crippen LogP) is 6.26. The predicted molar refractivity (Wildman–Crippen MR) is 137 cm³/mol. The number of amides is 1. The fourth-order valence-corrected chi connectivity index (χ4v) is 5.96. The maximum absolute atomic E-state index is 12.9. The molecule has 3 heterocycles. The number of thioether (sulfide) groups is 1. The van der Waals surface area contributed by atoms with Crippen molar-refractivity contribution in [2.24, 2.45) is 16.0 Å². The highest BCUT2D eigenvalue weighted by Crippen LogP contribution is 2.36. The fraction of sp³-hybridized carbons (Fsp3) is 0.360. The zero-order valence-corrected chi connectivity index (χ0v) is 20.6. The van der Waals surface area contributed by atoms with Crippen LogP contribution in [0.1, 0.15) is 54.6 Å². The number of hydrogen-bond donors (Lipinski definition) is 1. The van der Waals surface area contributed by atoms with Crippen molar-refractivity contribution in [3.05, 3.63) is 57.4 Å². The van der Waals surface area contributed by atoms with Crippen LogP contribution in [0.4, 0.5) is 0 Å². The van der Waals surface area contributed by atoms with Crippen LogP contribution in [0.25, 0.3) is 11.8 Å². The molecule has 1 saturated carbocycles. The van der Waals surface area contributed by atoms with Gasteiger partial charge in [0.1, 0.15) is 5.04 Å². The summed E-state index contributed by atoms with van der Waals surface area (Å²) in [5.74, 6) is 0.112. The summed E-state index contributed by atoms with van der Waals surface area (Å²) >= 11 is 7.80. The number of rotatable bonds is 3. The van der Waals surface area contributed by atoms with E-state index in [1.54, 1.807) is 6.08 Å². The lowest BCUT2D eigenvalue weighted by atomic mass is 9.90. The zero-order valence-electron chi connectivity index (χ0n) is 19.0. The van der Waals surface area contributed by atoms with Crippen molar-refractivity contribution in [3.63, 3.8) is 0 Å². The average molecular weight is 480 g/mol. The number of halogens is 1. The number of nitrogens with one attached hydrogen (secondary N) is 1. The average Bonchev–Trinajstić information content (AvgIpc) is 3.34. The third-order valence-electron chi connectivity index (χ3n) is 6.61. The third kappa shape index (κ3) is 3.97. The van der Waals surface area contributed by atoms with E-state index in [9.17, 15) is 4.79 Å². The zero-order chi connectivity index (χ0) is 23.3. The Morgan fingerprint density at radius 3 is 2.64 bits per heavy atom. The summed E-state index contributed by atoms with van der Waals surface area (Å²) in [6, 6.07) is 8.00. The number of aliphatic imine (C=N–C) groups is 1. The van der Waals surface area contributed by atoms with Crippen LogP contribution < -0.4 is 0 Å². The Morgan fingerprint density at radius 2 is 1.91 bits per heavy atom. The molecule has 6 nitrogen and oxygen atoms in total. The molecule has 0 radical (unpaired) electrons. The lowest BCUT2D eigenvalue weighted by Crippen LogP contribution is -2.35. The molecule has 1 aromatic heterocycles. The summed E-state index contributed by atoms with van der Waals surface area (Å²) in [4.78, 5) is 17.2. The molecule has 2 aromatic rings. The van der Waals surface area contributed by atoms with Gasteiger partial charge in [0, 0.05) is 28.0 Å². The highest BCUT2D eigenvalue weighted by molar-refractivity contribution is 8.27. The van der Waals surface area contributed by atoms with E-state index < -0.39 is 0 Å². The van der Waals surface area contributed by atoms with E-state index in [2.05, 4.69) is 9.56 Å². The Kier molecular flexibility index (Phi) is 5.79. The van der Waals surface area contributed by atoms with Crippen molar-refractivity contribution in [3.8, 4) is 5.69 Å². The van der Waals surface area contributed by atoms with Gasteiger partial charge in [0.15, 0.2) is 5.84 Å². The number of carbonyl (C=O) groups is 1. The number of amidine groups is 2. The molecule has 1 amide bonds. The molecule has 33 heavy (non-hydrogen) atoms. The standard InChI is InChI=1S/C25H26ClN5OS/c1-14-9-10-19(13-21(14)26)30-15(2)11-18(16(30)3)12-20-22(27)31-25(28-23(20)32)33-24(29-31)17-7-5-4-6-8-17/h9-13,17,27H,4-8H2,1-3H3/b20-12+,27-22?. The minimum atomic E-state index is -0.387. The second-order valence-electron chi connectivity index (χ2n) is 8.89. The van der Waals surface area contributed by atoms with E-state index in [4.69, 9.17) is 22.1 Å². The van der Waals surface area contributed by atoms with E-state index in [0.717, 1.165) is 46.1 Å². The quantitative estimate of drug-likeness (QED) is 0.528. The van der Waals surface area contributed by atoms with Crippen LogP contribution in [0.2, 0.25) is 5.02 Å². The minimum Gasteiger partial charge on any atom is -0.318 e. The Labute approximate surface area is 202 Å². The van der Waals surface area contributed by atoms with Crippen LogP contribution in [0.5, 0.6) is 0 Å². The van der Waals surface area contributed by atoms with E-state index in [-0.39, 0.29) is 17.3 Å². The first kappa shape index (κ1) is 22.2. The first-order chi connectivity index (χ1) is 15.8. The second-order valence-corrected chi connectivity index (χ2v) is 10.3. The number of nitrogens with zero attached hydrogens (tertiary/aromatic N) is 4. The van der Waals surface area contributed by atoms with E-state index in [1.165, 1.54) is 36.0 Å². The topological polar surface area (TPSA) is 73.8 Å². The van der Waals surface area contributed by atoms with Gasteiger partial charge in [-0.1, -0.05) is 36.9 Å². The van der Waals surface area contributed by atoms with Crippen molar-refractivity contribution >= 4 is 51.4 Å². The van der Waals surface area contributed by atoms with E-state index in [1.807, 2.05) is 45.0 Å². The minimum absolute atomic E-state index is 0.0893. The molecule has 0 atom stereocenters. The van der Waals surface area contributed by atoms with Gasteiger partial charge in [-0.25, -0.2) is 0 Å². The van der Waals surface area contributed by atoms with Gasteiger partial charge in [-0.05, 0) is 80.8 Å². The van der Waals surface area contributed by atoms with Crippen molar-refractivity contribution in [1.82, 2.24) is 9.58 Å². The van der Waals surface area contributed by atoms with Gasteiger partial charge in [-0.15, -0.1) is 0 Å². The Hall–Kier alpha value is -2.64. The number of fused-ring (bicyclic) bond motifs is 1. The third-order valence-corrected chi connectivity index (χ3v) is 8.09. The lowest BCUT2D eigenvalue weighted by Gasteiger charge is -2.20. The smallest absolute Gasteiger partial charge is 0.283 e. The van der Waals surface area contributed by atoms with Crippen molar-refractivity contribution in [1.29, 1.82) is 5.41 Å². The van der Waals surface area contributed by atoms with Gasteiger partial charge in [0.2, 0.25) is 5.17 Å². The highest BCUT2D eigenvalue weighted by atomic mass is 35.5. The maximum Gasteiger partial charge on any atom is 0.283 e. The maximum atomic E-state index is 12.9. The molecule has 5 rings (SSSR count). The molecule has 1 aromatic carbocycles. The molecular formula is C25H26ClN5OS. The van der Waals surface area contributed by atoms with Gasteiger partial charge in [0.25, 0.3) is 5.91 Å². The van der Waals surface area contributed by atoms with Gasteiger partial charge in [-0.2, -0.15) is 15.1 Å². The summed E-state index contributed by atoms with van der Waals surface area (Å²) in [5, 5.41) is 17.1. The Bertz CT molecular complexity index is 1270.